The highest BCUT2D eigenvalue weighted by Gasteiger charge is 2.64. The molecular weight excluding hydrogens is 414 g/mol. The predicted octanol–water partition coefficient (Wildman–Crippen LogP) is 3.62. The summed E-state index contributed by atoms with van der Waals surface area (Å²) in [4.78, 5) is 25.4. The second-order valence-electron chi connectivity index (χ2n) is 7.49. The zero-order valence-corrected chi connectivity index (χ0v) is 16.7. The molecule has 0 saturated carbocycles. The number of fused-ring (bicyclic) bond motifs is 7. The van der Waals surface area contributed by atoms with E-state index in [2.05, 4.69) is 33.4 Å². The molecule has 0 radical (unpaired) electrons. The van der Waals surface area contributed by atoms with Gasteiger partial charge in [-0.3, -0.25) is 0 Å². The molecule has 27 heavy (non-hydrogen) atoms. The van der Waals surface area contributed by atoms with E-state index < -0.39 is 17.7 Å². The van der Waals surface area contributed by atoms with E-state index in [4.69, 9.17) is 9.47 Å². The molecule has 0 unspecified atom stereocenters. The number of anilines is 1. The van der Waals surface area contributed by atoms with E-state index in [9.17, 15) is 9.59 Å². The summed E-state index contributed by atoms with van der Waals surface area (Å²) < 4.78 is 11.6. The Kier molecular flexibility index (Phi) is 3.53. The summed E-state index contributed by atoms with van der Waals surface area (Å²) in [5.74, 6) is 0.145. The number of rotatable bonds is 1. The van der Waals surface area contributed by atoms with Crippen molar-refractivity contribution in [1.29, 1.82) is 0 Å². The van der Waals surface area contributed by atoms with Crippen LogP contribution >= 0.6 is 15.9 Å². The second kappa shape index (κ2) is 5.64. The van der Waals surface area contributed by atoms with Gasteiger partial charge in [-0.05, 0) is 43.2 Å². The highest BCUT2D eigenvalue weighted by atomic mass is 79.9. The molecular formula is C19H20BrN3O4. The van der Waals surface area contributed by atoms with Gasteiger partial charge >= 0.3 is 12.2 Å². The smallest absolute Gasteiger partial charge is 0.429 e. The Bertz CT molecular complexity index is 888. The van der Waals surface area contributed by atoms with Crippen LogP contribution in [0.25, 0.3) is 0 Å². The van der Waals surface area contributed by atoms with E-state index in [1.807, 2.05) is 19.1 Å². The Morgan fingerprint density at radius 1 is 1.48 bits per heavy atom. The molecule has 5 rings (SSSR count). The van der Waals surface area contributed by atoms with E-state index in [1.165, 1.54) is 15.6 Å². The average molecular weight is 434 g/mol. The van der Waals surface area contributed by atoms with Crippen molar-refractivity contribution >= 4 is 33.8 Å². The number of hydrazine groups is 1. The summed E-state index contributed by atoms with van der Waals surface area (Å²) in [6.45, 7) is 4.36. The van der Waals surface area contributed by atoms with Crippen molar-refractivity contribution in [1.82, 2.24) is 10.0 Å². The monoisotopic (exact) mass is 433 g/mol. The molecule has 0 bridgehead atoms. The number of cyclic esters (lactones) is 1. The molecule has 1 aromatic rings. The van der Waals surface area contributed by atoms with Gasteiger partial charge in [0.2, 0.25) is 0 Å². The fraction of sp³-hybridized carbons (Fsp3) is 0.474. The van der Waals surface area contributed by atoms with Crippen molar-refractivity contribution in [3.05, 3.63) is 39.9 Å². The number of carbonyl (C=O) groups excluding carboxylic acids is 2. The van der Waals surface area contributed by atoms with Crippen LogP contribution < -0.4 is 5.32 Å². The van der Waals surface area contributed by atoms with Crippen LogP contribution in [0.4, 0.5) is 15.3 Å². The molecule has 4 aliphatic rings. The van der Waals surface area contributed by atoms with Crippen LogP contribution in [0.2, 0.25) is 0 Å². The molecule has 8 heteroatoms. The summed E-state index contributed by atoms with van der Waals surface area (Å²) in [5, 5.41) is 6.49. The summed E-state index contributed by atoms with van der Waals surface area (Å²) in [7, 11) is 0. The van der Waals surface area contributed by atoms with Crippen LogP contribution in [0, 0.1) is 0 Å². The quantitative estimate of drug-likeness (QED) is 0.684. The molecule has 1 N–H and O–H groups in total. The highest BCUT2D eigenvalue weighted by molar-refractivity contribution is 9.10. The number of benzene rings is 1. The topological polar surface area (TPSA) is 71.1 Å². The first-order valence-corrected chi connectivity index (χ1v) is 9.96. The molecule has 2 saturated heterocycles. The van der Waals surface area contributed by atoms with Gasteiger partial charge in [-0.1, -0.05) is 22.0 Å². The maximum Gasteiger partial charge on any atom is 0.429 e. The largest absolute Gasteiger partial charge is 0.448 e. The summed E-state index contributed by atoms with van der Waals surface area (Å²) >= 11 is 3.55. The second-order valence-corrected chi connectivity index (χ2v) is 8.40. The van der Waals surface area contributed by atoms with Gasteiger partial charge in [0.15, 0.2) is 0 Å². The van der Waals surface area contributed by atoms with Crippen LogP contribution in [0.3, 0.4) is 0 Å². The van der Waals surface area contributed by atoms with Gasteiger partial charge in [0.25, 0.3) is 0 Å². The maximum absolute atomic E-state index is 12.8. The minimum absolute atomic E-state index is 0.0380. The minimum Gasteiger partial charge on any atom is -0.448 e. The van der Waals surface area contributed by atoms with Crippen LogP contribution in [0.5, 0.6) is 0 Å². The van der Waals surface area contributed by atoms with E-state index in [0.717, 1.165) is 15.7 Å². The van der Waals surface area contributed by atoms with Gasteiger partial charge in [0, 0.05) is 22.5 Å². The van der Waals surface area contributed by atoms with Crippen LogP contribution in [0.1, 0.15) is 31.7 Å². The fourth-order valence-corrected chi connectivity index (χ4v) is 5.33. The number of ether oxygens (including phenoxy) is 2. The molecule has 2 fully saturated rings. The van der Waals surface area contributed by atoms with Crippen LogP contribution in [-0.4, -0.2) is 53.0 Å². The number of nitrogens with one attached hydrogen (secondary N) is 1. The Morgan fingerprint density at radius 3 is 3.07 bits per heavy atom. The minimum atomic E-state index is -0.578. The lowest BCUT2D eigenvalue weighted by atomic mass is 9.86. The zero-order valence-electron chi connectivity index (χ0n) is 15.1. The van der Waals surface area contributed by atoms with Crippen LogP contribution in [0.15, 0.2) is 34.3 Å². The molecule has 3 heterocycles. The fourth-order valence-electron chi connectivity index (χ4n) is 4.95. The van der Waals surface area contributed by atoms with E-state index in [1.54, 1.807) is 6.92 Å². The molecule has 0 spiro atoms. The molecule has 0 aromatic heterocycles. The molecule has 1 aromatic carbocycles. The van der Waals surface area contributed by atoms with Gasteiger partial charge in [-0.15, -0.1) is 0 Å². The van der Waals surface area contributed by atoms with E-state index >= 15 is 0 Å². The normalized spacial score (nSPS) is 32.8. The van der Waals surface area contributed by atoms with Crippen molar-refractivity contribution in [2.45, 2.75) is 43.8 Å². The third-order valence-corrected chi connectivity index (χ3v) is 6.60. The Labute approximate surface area is 165 Å². The summed E-state index contributed by atoms with van der Waals surface area (Å²) in [6, 6.07) is 5.84. The number of hydrogen-bond acceptors (Lipinski definition) is 5. The van der Waals surface area contributed by atoms with Gasteiger partial charge in [0.05, 0.1) is 24.8 Å². The standard InChI is InChI=1S/C19H20BrN3O4/c1-3-26-17(24)22-16-13(19(2)6-7-27-18(25)23(19)22)9-12-11-8-10(20)4-5-14(11)21-15(12)16/h4-5,8-9,12,15-16,21H,3,6-7H2,1-2H3/t12-,15+,16+,19-/m1/s1. The predicted molar refractivity (Wildman–Crippen MR) is 101 cm³/mol. The molecule has 4 atom stereocenters. The lowest BCUT2D eigenvalue weighted by molar-refractivity contribution is -0.0710. The first kappa shape index (κ1) is 16.9. The number of hydrogen-bond donors (Lipinski definition) is 1. The van der Waals surface area contributed by atoms with Crippen molar-refractivity contribution in [3.8, 4) is 0 Å². The molecule has 3 aliphatic heterocycles. The van der Waals surface area contributed by atoms with Crippen LogP contribution in [-0.2, 0) is 9.47 Å². The first-order valence-electron chi connectivity index (χ1n) is 9.17. The highest BCUT2D eigenvalue weighted by Crippen LogP contribution is 2.55. The number of carbonyl (C=O) groups is 2. The molecule has 142 valence electrons. The van der Waals surface area contributed by atoms with Crippen molar-refractivity contribution in [2.24, 2.45) is 0 Å². The zero-order chi connectivity index (χ0) is 18.9. The van der Waals surface area contributed by atoms with Crippen molar-refractivity contribution in [2.75, 3.05) is 18.5 Å². The lowest BCUT2D eigenvalue weighted by Gasteiger charge is -2.41. The summed E-state index contributed by atoms with van der Waals surface area (Å²) in [5.41, 5.74) is 2.77. The lowest BCUT2D eigenvalue weighted by Crippen LogP contribution is -2.59. The third-order valence-electron chi connectivity index (χ3n) is 6.11. The van der Waals surface area contributed by atoms with E-state index in [-0.39, 0.29) is 24.6 Å². The molecule has 7 nitrogen and oxygen atoms in total. The van der Waals surface area contributed by atoms with Crippen molar-refractivity contribution in [3.63, 3.8) is 0 Å². The van der Waals surface area contributed by atoms with Gasteiger partial charge in [-0.25, -0.2) is 19.6 Å². The van der Waals surface area contributed by atoms with E-state index in [0.29, 0.717) is 13.0 Å². The summed E-state index contributed by atoms with van der Waals surface area (Å²) in [6.07, 6.45) is 1.85. The maximum atomic E-state index is 12.8. The number of amides is 2. The number of nitrogens with zero attached hydrogens (tertiary/aromatic N) is 2. The number of halogens is 1. The van der Waals surface area contributed by atoms with Gasteiger partial charge in [-0.2, -0.15) is 0 Å². The SMILES string of the molecule is CCOC(=O)N1[C@H]2C(=C[C@@H]3c4cc(Br)ccc4N[C@@H]32)[C@@]2(C)CCOC(=O)N12. The van der Waals surface area contributed by atoms with Crippen molar-refractivity contribution < 1.29 is 19.1 Å². The Balaban J connectivity index is 1.63. The first-order chi connectivity index (χ1) is 13.0. The Morgan fingerprint density at radius 2 is 2.30 bits per heavy atom. The molecule has 2 amide bonds. The molecule has 1 aliphatic carbocycles. The average Bonchev–Trinajstić information content (AvgIpc) is 3.22. The third kappa shape index (κ3) is 2.13. The van der Waals surface area contributed by atoms with Gasteiger partial charge < -0.3 is 14.8 Å². The van der Waals surface area contributed by atoms with Gasteiger partial charge in [0.1, 0.15) is 6.04 Å². The Hall–Kier alpha value is -2.22.